The van der Waals surface area contributed by atoms with Gasteiger partial charge in [0.25, 0.3) is 0 Å². The zero-order valence-electron chi connectivity index (χ0n) is 21.7. The van der Waals surface area contributed by atoms with Crippen molar-refractivity contribution in [3.63, 3.8) is 0 Å². The highest BCUT2D eigenvalue weighted by Gasteiger charge is 2.33. The highest BCUT2D eigenvalue weighted by Crippen LogP contribution is 2.37. The fourth-order valence-electron chi connectivity index (χ4n) is 4.99. The number of ether oxygens (including phenoxy) is 2. The van der Waals surface area contributed by atoms with E-state index >= 15 is 0 Å². The number of halogens is 1. The van der Waals surface area contributed by atoms with Gasteiger partial charge in [0.1, 0.15) is 23.4 Å². The van der Waals surface area contributed by atoms with Gasteiger partial charge in [-0.25, -0.2) is 14.1 Å². The number of para-hydroxylation sites is 1. The summed E-state index contributed by atoms with van der Waals surface area (Å²) in [7, 11) is 3.29. The number of anilines is 1. The molecule has 3 heterocycles. The van der Waals surface area contributed by atoms with Crippen LogP contribution in [0.3, 0.4) is 0 Å². The molecule has 1 atom stereocenters. The number of benzene rings is 3. The van der Waals surface area contributed by atoms with Crippen LogP contribution in [0.5, 0.6) is 11.5 Å². The third kappa shape index (κ3) is 5.15. The Bertz CT molecular complexity index is 1530. The van der Waals surface area contributed by atoms with Crippen LogP contribution in [0.2, 0.25) is 0 Å². The number of tetrazole rings is 1. The summed E-state index contributed by atoms with van der Waals surface area (Å²) in [4.78, 5) is 9.57. The molecule has 0 aliphatic carbocycles. The lowest BCUT2D eigenvalue weighted by atomic mass is 10.0. The lowest BCUT2D eigenvalue weighted by Gasteiger charge is -2.39. The molecule has 2 aromatic heterocycles. The second-order valence-corrected chi connectivity index (χ2v) is 10.3. The molecule has 5 aromatic rings. The zero-order chi connectivity index (χ0) is 26.8. The molecule has 0 bridgehead atoms. The fraction of sp³-hybridized carbons (Fsp3) is 0.286. The van der Waals surface area contributed by atoms with Crippen molar-refractivity contribution in [2.24, 2.45) is 0 Å². The number of fused-ring (bicyclic) bond motifs is 1. The summed E-state index contributed by atoms with van der Waals surface area (Å²) >= 11 is 1.72. The third-order valence-corrected chi connectivity index (χ3v) is 8.11. The number of hydrogen-bond acceptors (Lipinski definition) is 9. The predicted octanol–water partition coefficient (Wildman–Crippen LogP) is 4.40. The van der Waals surface area contributed by atoms with Gasteiger partial charge < -0.3 is 14.4 Å². The molecule has 0 amide bonds. The SMILES string of the molecule is COc1ccc([C@@H](c2nnnn2Cc2ccc(F)cc2)N2CCN(c3nc4ccccc4s3)CC2)c(OC)c1. The van der Waals surface area contributed by atoms with E-state index in [1.807, 2.05) is 30.3 Å². The summed E-state index contributed by atoms with van der Waals surface area (Å²) in [6.07, 6.45) is 0. The summed E-state index contributed by atoms with van der Waals surface area (Å²) in [5.74, 6) is 1.82. The Kier molecular flexibility index (Phi) is 7.08. The first-order chi connectivity index (χ1) is 19.1. The van der Waals surface area contributed by atoms with E-state index < -0.39 is 0 Å². The molecular formula is C28H28FN7O2S. The zero-order valence-corrected chi connectivity index (χ0v) is 22.5. The van der Waals surface area contributed by atoms with Gasteiger partial charge in [0.05, 0.1) is 31.0 Å². The molecular weight excluding hydrogens is 517 g/mol. The largest absolute Gasteiger partial charge is 0.497 e. The van der Waals surface area contributed by atoms with E-state index in [-0.39, 0.29) is 11.9 Å². The third-order valence-electron chi connectivity index (χ3n) is 7.02. The maximum atomic E-state index is 13.5. The molecule has 200 valence electrons. The van der Waals surface area contributed by atoms with Crippen LogP contribution in [0.15, 0.2) is 66.7 Å². The molecule has 39 heavy (non-hydrogen) atoms. The van der Waals surface area contributed by atoms with Crippen LogP contribution in [0.1, 0.15) is 23.0 Å². The Morgan fingerprint density at radius 1 is 0.949 bits per heavy atom. The van der Waals surface area contributed by atoms with Gasteiger partial charge in [0.15, 0.2) is 11.0 Å². The minimum Gasteiger partial charge on any atom is -0.497 e. The number of aromatic nitrogens is 5. The highest BCUT2D eigenvalue weighted by atomic mass is 32.1. The molecule has 1 fully saturated rings. The first-order valence-corrected chi connectivity index (χ1v) is 13.5. The minimum absolute atomic E-state index is 0.265. The average molecular weight is 546 g/mol. The van der Waals surface area contributed by atoms with Gasteiger partial charge in [0, 0.05) is 37.8 Å². The average Bonchev–Trinajstić information content (AvgIpc) is 3.62. The Morgan fingerprint density at radius 3 is 2.49 bits per heavy atom. The molecule has 3 aromatic carbocycles. The molecule has 1 saturated heterocycles. The summed E-state index contributed by atoms with van der Waals surface area (Å²) in [6, 6.07) is 20.2. The first-order valence-electron chi connectivity index (χ1n) is 12.7. The van der Waals surface area contributed by atoms with Crippen molar-refractivity contribution in [3.8, 4) is 11.5 Å². The van der Waals surface area contributed by atoms with E-state index in [1.165, 1.54) is 16.8 Å². The quantitative estimate of drug-likeness (QED) is 0.284. The van der Waals surface area contributed by atoms with E-state index in [9.17, 15) is 4.39 Å². The molecule has 11 heteroatoms. The van der Waals surface area contributed by atoms with E-state index in [0.29, 0.717) is 23.9 Å². The number of rotatable bonds is 8. The Morgan fingerprint density at radius 2 is 1.74 bits per heavy atom. The van der Waals surface area contributed by atoms with Crippen molar-refractivity contribution in [1.82, 2.24) is 30.1 Å². The van der Waals surface area contributed by atoms with E-state index in [2.05, 4.69) is 37.5 Å². The molecule has 0 spiro atoms. The van der Waals surface area contributed by atoms with Crippen molar-refractivity contribution >= 4 is 26.7 Å². The van der Waals surface area contributed by atoms with Gasteiger partial charge in [-0.3, -0.25) is 4.90 Å². The van der Waals surface area contributed by atoms with Gasteiger partial charge in [-0.2, -0.15) is 0 Å². The smallest absolute Gasteiger partial charge is 0.186 e. The van der Waals surface area contributed by atoms with Crippen molar-refractivity contribution in [1.29, 1.82) is 0 Å². The summed E-state index contributed by atoms with van der Waals surface area (Å²) < 4.78 is 27.7. The molecule has 9 nitrogen and oxygen atoms in total. The van der Waals surface area contributed by atoms with E-state index in [0.717, 1.165) is 48.0 Å². The Labute approximate surface area is 229 Å². The van der Waals surface area contributed by atoms with Crippen molar-refractivity contribution in [3.05, 3.63) is 89.5 Å². The van der Waals surface area contributed by atoms with Crippen molar-refractivity contribution in [2.45, 2.75) is 12.6 Å². The van der Waals surface area contributed by atoms with Gasteiger partial charge in [-0.15, -0.1) is 5.10 Å². The minimum atomic E-state index is -0.275. The Hall–Kier alpha value is -4.09. The standard InChI is InChI=1S/C28H28FN7O2S/c1-37-21-11-12-22(24(17-21)38-2)26(27-31-32-33-36(27)18-19-7-9-20(29)10-8-19)34-13-15-35(16-14-34)28-30-23-5-3-4-6-25(23)39-28/h3-12,17,26H,13-16,18H2,1-2H3/t26-/m0/s1. The monoisotopic (exact) mass is 545 g/mol. The number of methoxy groups -OCH3 is 2. The van der Waals surface area contributed by atoms with Gasteiger partial charge in [0.2, 0.25) is 0 Å². The number of nitrogens with zero attached hydrogens (tertiary/aromatic N) is 7. The maximum absolute atomic E-state index is 13.5. The Balaban J connectivity index is 1.32. The maximum Gasteiger partial charge on any atom is 0.186 e. The van der Waals surface area contributed by atoms with E-state index in [1.54, 1.807) is 42.4 Å². The van der Waals surface area contributed by atoms with Gasteiger partial charge in [-0.05, 0) is 52.4 Å². The molecule has 1 aliphatic rings. The van der Waals surface area contributed by atoms with E-state index in [4.69, 9.17) is 14.5 Å². The normalized spacial score (nSPS) is 15.0. The fourth-order valence-corrected chi connectivity index (χ4v) is 6.01. The second kappa shape index (κ2) is 11.0. The van der Waals surface area contributed by atoms with Crippen LogP contribution in [-0.2, 0) is 6.54 Å². The van der Waals surface area contributed by atoms with Crippen LogP contribution < -0.4 is 14.4 Å². The molecule has 6 rings (SSSR count). The number of piperazine rings is 1. The van der Waals surface area contributed by atoms with Gasteiger partial charge >= 0.3 is 0 Å². The van der Waals surface area contributed by atoms with Crippen molar-refractivity contribution < 1.29 is 13.9 Å². The number of hydrogen-bond donors (Lipinski definition) is 0. The summed E-state index contributed by atoms with van der Waals surface area (Å²) in [5.41, 5.74) is 2.88. The number of thiazole rings is 1. The summed E-state index contributed by atoms with van der Waals surface area (Å²) in [6.45, 7) is 3.60. The van der Waals surface area contributed by atoms with Crippen LogP contribution >= 0.6 is 11.3 Å². The molecule has 0 radical (unpaired) electrons. The molecule has 0 unspecified atom stereocenters. The molecule has 1 aliphatic heterocycles. The molecule has 0 saturated carbocycles. The van der Waals surface area contributed by atoms with Gasteiger partial charge in [-0.1, -0.05) is 35.6 Å². The second-order valence-electron chi connectivity index (χ2n) is 9.32. The topological polar surface area (TPSA) is 81.4 Å². The van der Waals surface area contributed by atoms with Crippen LogP contribution in [0.4, 0.5) is 9.52 Å². The van der Waals surface area contributed by atoms with Crippen LogP contribution in [0, 0.1) is 5.82 Å². The van der Waals surface area contributed by atoms with Crippen molar-refractivity contribution in [2.75, 3.05) is 45.3 Å². The van der Waals surface area contributed by atoms with Crippen LogP contribution in [-0.4, -0.2) is 70.5 Å². The van der Waals surface area contributed by atoms with Crippen LogP contribution in [0.25, 0.3) is 10.2 Å². The first kappa shape index (κ1) is 25.2. The lowest BCUT2D eigenvalue weighted by Crippen LogP contribution is -2.48. The molecule has 0 N–H and O–H groups in total. The highest BCUT2D eigenvalue weighted by molar-refractivity contribution is 7.22. The lowest BCUT2D eigenvalue weighted by molar-refractivity contribution is 0.198. The summed E-state index contributed by atoms with van der Waals surface area (Å²) in [5, 5.41) is 13.9. The predicted molar refractivity (Wildman–Crippen MR) is 148 cm³/mol.